The normalized spacial score (nSPS) is 10.6. The molecule has 33 heavy (non-hydrogen) atoms. The van der Waals surface area contributed by atoms with Crippen LogP contribution < -0.4 is 21.3 Å². The highest BCUT2D eigenvalue weighted by molar-refractivity contribution is 7.14. The first-order chi connectivity index (χ1) is 15.9. The molecule has 4 rings (SSSR count). The van der Waals surface area contributed by atoms with Crippen molar-refractivity contribution in [1.82, 2.24) is 15.0 Å². The van der Waals surface area contributed by atoms with Crippen molar-refractivity contribution in [3.8, 4) is 22.9 Å². The summed E-state index contributed by atoms with van der Waals surface area (Å²) in [7, 11) is 0. The Morgan fingerprint density at radius 2 is 2.06 bits per heavy atom. The predicted molar refractivity (Wildman–Crippen MR) is 120 cm³/mol. The Morgan fingerprint density at radius 1 is 1.21 bits per heavy atom. The average molecular weight is 465 g/mol. The summed E-state index contributed by atoms with van der Waals surface area (Å²) in [5, 5.41) is 4.72. The summed E-state index contributed by atoms with van der Waals surface area (Å²) in [5.41, 5.74) is 6.62. The molecule has 0 atom stereocenters. The molecule has 0 unspecified atom stereocenters. The molecule has 4 aromatic rings. The van der Waals surface area contributed by atoms with Gasteiger partial charge in [0.15, 0.2) is 16.7 Å². The number of thiazole rings is 1. The third-order valence-corrected chi connectivity index (χ3v) is 5.18. The number of rotatable bonds is 7. The molecule has 0 aliphatic rings. The molecule has 0 fully saturated rings. The van der Waals surface area contributed by atoms with Crippen molar-refractivity contribution < 1.29 is 18.7 Å². The van der Waals surface area contributed by atoms with Crippen molar-refractivity contribution in [2.24, 2.45) is 5.73 Å². The Balaban J connectivity index is 1.42. The second-order valence-corrected chi connectivity index (χ2v) is 7.65. The maximum absolute atomic E-state index is 14.5. The fourth-order valence-electron chi connectivity index (χ4n) is 2.92. The smallest absolute Gasteiger partial charge is 0.254 e. The molecule has 0 saturated heterocycles. The predicted octanol–water partition coefficient (Wildman–Crippen LogP) is 3.10. The van der Waals surface area contributed by atoms with E-state index in [4.69, 9.17) is 10.5 Å². The van der Waals surface area contributed by atoms with Crippen LogP contribution in [0.3, 0.4) is 0 Å². The molecule has 3 heterocycles. The van der Waals surface area contributed by atoms with Crippen LogP contribution in [0.4, 0.5) is 9.52 Å². The van der Waals surface area contributed by atoms with Crippen LogP contribution >= 0.6 is 11.3 Å². The lowest BCUT2D eigenvalue weighted by Gasteiger charge is -2.09. The van der Waals surface area contributed by atoms with Gasteiger partial charge in [0.1, 0.15) is 5.56 Å². The molecule has 9 nitrogen and oxygen atoms in total. The molecule has 11 heteroatoms. The third kappa shape index (κ3) is 5.28. The van der Waals surface area contributed by atoms with Gasteiger partial charge in [0.2, 0.25) is 17.3 Å². The lowest BCUT2D eigenvalue weighted by molar-refractivity contribution is -0.115. The van der Waals surface area contributed by atoms with E-state index in [0.29, 0.717) is 22.0 Å². The van der Waals surface area contributed by atoms with Crippen molar-refractivity contribution in [1.29, 1.82) is 0 Å². The molecule has 0 aliphatic heterocycles. The van der Waals surface area contributed by atoms with Crippen molar-refractivity contribution in [2.45, 2.75) is 6.42 Å². The Hall–Kier alpha value is -4.38. The maximum atomic E-state index is 14.5. The second-order valence-electron chi connectivity index (χ2n) is 6.79. The van der Waals surface area contributed by atoms with Crippen LogP contribution in [0.15, 0.2) is 65.0 Å². The van der Waals surface area contributed by atoms with Gasteiger partial charge in [-0.1, -0.05) is 6.07 Å². The van der Waals surface area contributed by atoms with Gasteiger partial charge in [-0.15, -0.1) is 11.3 Å². The molecule has 0 spiro atoms. The standard InChI is InChI=1S/C22H16FN5O4S/c23-15-8-12(3-4-17(15)32-21-14(20(24)31)2-1-6-26-21)9-19(30)28-22-27-16(11-33-22)13-5-7-25-18(29)10-13/h1-8,10-11H,9H2,(H2,24,31)(H,25,29)(H,27,28,30). The first-order valence-electron chi connectivity index (χ1n) is 9.54. The Labute approximate surface area is 190 Å². The molecule has 1 aromatic carbocycles. The zero-order chi connectivity index (χ0) is 23.4. The molecular weight excluding hydrogens is 449 g/mol. The quantitative estimate of drug-likeness (QED) is 0.383. The van der Waals surface area contributed by atoms with Gasteiger partial charge in [-0.25, -0.2) is 14.4 Å². The molecule has 2 amide bonds. The lowest BCUT2D eigenvalue weighted by Crippen LogP contribution is -2.14. The molecule has 0 bridgehead atoms. The van der Waals surface area contributed by atoms with E-state index in [9.17, 15) is 18.8 Å². The number of carbonyl (C=O) groups excluding carboxylic acids is 2. The number of hydrogen-bond donors (Lipinski definition) is 3. The van der Waals surface area contributed by atoms with Crippen LogP contribution in [0.5, 0.6) is 11.6 Å². The largest absolute Gasteiger partial charge is 0.435 e. The van der Waals surface area contributed by atoms with Gasteiger partial charge in [0.05, 0.1) is 12.1 Å². The zero-order valence-electron chi connectivity index (χ0n) is 16.9. The third-order valence-electron chi connectivity index (χ3n) is 4.43. The Bertz CT molecular complexity index is 1400. The van der Waals surface area contributed by atoms with E-state index in [1.54, 1.807) is 11.4 Å². The fraction of sp³-hybridized carbons (Fsp3) is 0.0455. The number of nitrogens with zero attached hydrogens (tertiary/aromatic N) is 2. The number of benzene rings is 1. The number of hydrogen-bond acceptors (Lipinski definition) is 7. The summed E-state index contributed by atoms with van der Waals surface area (Å²) in [6, 6.07) is 10.1. The fourth-order valence-corrected chi connectivity index (χ4v) is 3.65. The topological polar surface area (TPSA) is 140 Å². The van der Waals surface area contributed by atoms with Gasteiger partial charge >= 0.3 is 0 Å². The monoisotopic (exact) mass is 465 g/mol. The number of ether oxygens (including phenoxy) is 1. The van der Waals surface area contributed by atoms with Crippen molar-refractivity contribution >= 4 is 28.3 Å². The lowest BCUT2D eigenvalue weighted by atomic mass is 10.1. The second kappa shape index (κ2) is 9.40. The molecular formula is C22H16FN5O4S. The van der Waals surface area contributed by atoms with Crippen LogP contribution in [0.1, 0.15) is 15.9 Å². The van der Waals surface area contributed by atoms with Crippen molar-refractivity contribution in [3.63, 3.8) is 0 Å². The number of nitrogens with two attached hydrogens (primary N) is 1. The highest BCUT2D eigenvalue weighted by Gasteiger charge is 2.15. The van der Waals surface area contributed by atoms with Crippen molar-refractivity contribution in [2.75, 3.05) is 5.32 Å². The molecule has 0 saturated carbocycles. The average Bonchev–Trinajstić information content (AvgIpc) is 3.24. The number of aromatic nitrogens is 3. The van der Waals surface area contributed by atoms with Crippen LogP contribution in [0.2, 0.25) is 0 Å². The van der Waals surface area contributed by atoms with E-state index in [-0.39, 0.29) is 29.2 Å². The number of H-pyrrole nitrogens is 1. The zero-order valence-corrected chi connectivity index (χ0v) is 17.7. The first-order valence-corrected chi connectivity index (χ1v) is 10.4. The number of nitrogens with one attached hydrogen (secondary N) is 2. The number of anilines is 1. The molecule has 3 aromatic heterocycles. The summed E-state index contributed by atoms with van der Waals surface area (Å²) in [4.78, 5) is 46.0. The number of carbonyl (C=O) groups is 2. The Morgan fingerprint density at radius 3 is 2.82 bits per heavy atom. The SMILES string of the molecule is NC(=O)c1cccnc1Oc1ccc(CC(=O)Nc2nc(-c3cc[nH]c(=O)c3)cs2)cc1F. The summed E-state index contributed by atoms with van der Waals surface area (Å²) < 4.78 is 19.9. The number of pyridine rings is 2. The molecule has 4 N–H and O–H groups in total. The highest BCUT2D eigenvalue weighted by Crippen LogP contribution is 2.27. The summed E-state index contributed by atoms with van der Waals surface area (Å²) >= 11 is 1.21. The van der Waals surface area contributed by atoms with E-state index in [1.807, 2.05) is 0 Å². The number of amides is 2. The minimum Gasteiger partial charge on any atom is -0.435 e. The van der Waals surface area contributed by atoms with E-state index in [1.165, 1.54) is 54.1 Å². The summed E-state index contributed by atoms with van der Waals surface area (Å²) in [5.74, 6) is -2.16. The number of halogens is 1. The molecule has 166 valence electrons. The van der Waals surface area contributed by atoms with E-state index in [0.717, 1.165) is 6.07 Å². The van der Waals surface area contributed by atoms with Crippen LogP contribution in [-0.4, -0.2) is 26.8 Å². The first kappa shape index (κ1) is 21.8. The minimum absolute atomic E-state index is 0.0169. The van der Waals surface area contributed by atoms with Gasteiger partial charge < -0.3 is 20.8 Å². The molecule has 0 aliphatic carbocycles. The number of aromatic amines is 1. The van der Waals surface area contributed by atoms with Gasteiger partial charge in [0, 0.05) is 29.4 Å². The van der Waals surface area contributed by atoms with Crippen LogP contribution in [0.25, 0.3) is 11.3 Å². The van der Waals surface area contributed by atoms with Gasteiger partial charge in [-0.2, -0.15) is 0 Å². The van der Waals surface area contributed by atoms with E-state index in [2.05, 4.69) is 20.3 Å². The maximum Gasteiger partial charge on any atom is 0.254 e. The summed E-state index contributed by atoms with van der Waals surface area (Å²) in [6.07, 6.45) is 2.80. The van der Waals surface area contributed by atoms with Gasteiger partial charge in [0.25, 0.3) is 5.91 Å². The van der Waals surface area contributed by atoms with Crippen LogP contribution in [-0.2, 0) is 11.2 Å². The van der Waals surface area contributed by atoms with Gasteiger partial charge in [-0.3, -0.25) is 14.4 Å². The highest BCUT2D eigenvalue weighted by atomic mass is 32.1. The van der Waals surface area contributed by atoms with Gasteiger partial charge in [-0.05, 0) is 35.9 Å². The molecule has 0 radical (unpaired) electrons. The van der Waals surface area contributed by atoms with Crippen molar-refractivity contribution in [3.05, 3.63) is 87.5 Å². The number of primary amides is 1. The van der Waals surface area contributed by atoms with E-state index < -0.39 is 17.6 Å². The minimum atomic E-state index is -0.754. The van der Waals surface area contributed by atoms with Crippen LogP contribution in [0, 0.1) is 5.82 Å². The Kier molecular flexibility index (Phi) is 6.22. The summed E-state index contributed by atoms with van der Waals surface area (Å²) in [6.45, 7) is 0. The van der Waals surface area contributed by atoms with E-state index >= 15 is 0 Å².